The Kier molecular flexibility index (Phi) is 8.33. The number of carbonyl (C=O) groups excluding carboxylic acids is 3. The van der Waals surface area contributed by atoms with Crippen LogP contribution < -0.4 is 15.5 Å². The van der Waals surface area contributed by atoms with Crippen LogP contribution in [0.25, 0.3) is 6.08 Å². The van der Waals surface area contributed by atoms with Crippen molar-refractivity contribution in [3.8, 4) is 5.75 Å². The molecule has 2 amide bonds. The average molecular weight is 490 g/mol. The highest BCUT2D eigenvalue weighted by atomic mass is 16.5. The number of nitrogens with one attached hydrogen (secondary N) is 2. The molecule has 4 aromatic carbocycles. The summed E-state index contributed by atoms with van der Waals surface area (Å²) < 4.78 is 5.42. The third-order valence-corrected chi connectivity index (χ3v) is 5.15. The van der Waals surface area contributed by atoms with Crippen molar-refractivity contribution in [1.29, 1.82) is 0 Å². The summed E-state index contributed by atoms with van der Waals surface area (Å²) in [5.74, 6) is -0.898. The second-order valence-electron chi connectivity index (χ2n) is 7.80. The summed E-state index contributed by atoms with van der Waals surface area (Å²) in [5, 5.41) is 6.77. The quantitative estimate of drug-likeness (QED) is 0.115. The van der Waals surface area contributed by atoms with Gasteiger partial charge in [-0.25, -0.2) is 10.2 Å². The zero-order valence-electron chi connectivity index (χ0n) is 19.7. The molecule has 0 fully saturated rings. The van der Waals surface area contributed by atoms with Crippen molar-refractivity contribution < 1.29 is 19.1 Å². The molecule has 0 aliphatic rings. The number of rotatable bonds is 8. The lowest BCUT2D eigenvalue weighted by Gasteiger charge is -2.07. The van der Waals surface area contributed by atoms with Gasteiger partial charge in [-0.3, -0.25) is 9.59 Å². The summed E-state index contributed by atoms with van der Waals surface area (Å²) in [6.45, 7) is 0. The van der Waals surface area contributed by atoms with Crippen molar-refractivity contribution in [3.63, 3.8) is 0 Å². The molecule has 2 N–H and O–H groups in total. The van der Waals surface area contributed by atoms with Crippen LogP contribution in [0.4, 0.5) is 5.69 Å². The number of hydrogen-bond donors (Lipinski definition) is 2. The number of nitrogens with zero attached hydrogens (tertiary/aromatic N) is 1. The van der Waals surface area contributed by atoms with Gasteiger partial charge in [-0.1, -0.05) is 60.7 Å². The largest absolute Gasteiger partial charge is 0.423 e. The zero-order chi connectivity index (χ0) is 25.9. The molecule has 0 saturated carbocycles. The van der Waals surface area contributed by atoms with Gasteiger partial charge in [0.05, 0.1) is 6.21 Å². The van der Waals surface area contributed by atoms with Gasteiger partial charge < -0.3 is 10.1 Å². The summed E-state index contributed by atoms with van der Waals surface area (Å²) in [4.78, 5) is 37.0. The van der Waals surface area contributed by atoms with Crippen LogP contribution in [0, 0.1) is 0 Å². The molecule has 0 saturated heterocycles. The predicted molar refractivity (Wildman–Crippen MR) is 143 cm³/mol. The van der Waals surface area contributed by atoms with Gasteiger partial charge in [-0.2, -0.15) is 5.10 Å². The summed E-state index contributed by atoms with van der Waals surface area (Å²) in [7, 11) is 0. The minimum Gasteiger partial charge on any atom is -0.423 e. The molecule has 0 spiro atoms. The van der Waals surface area contributed by atoms with Crippen molar-refractivity contribution in [2.75, 3.05) is 5.32 Å². The molecule has 4 rings (SSSR count). The molecule has 0 aliphatic heterocycles. The fourth-order valence-corrected chi connectivity index (χ4v) is 3.27. The molecule has 0 radical (unpaired) electrons. The van der Waals surface area contributed by atoms with E-state index < -0.39 is 11.9 Å². The number of amides is 2. The maximum atomic E-state index is 12.5. The molecule has 182 valence electrons. The van der Waals surface area contributed by atoms with Crippen LogP contribution in [0.5, 0.6) is 5.75 Å². The number of carbonyl (C=O) groups is 3. The molecule has 0 aliphatic carbocycles. The van der Waals surface area contributed by atoms with Crippen LogP contribution in [0.3, 0.4) is 0 Å². The van der Waals surface area contributed by atoms with Gasteiger partial charge in [-0.05, 0) is 60.2 Å². The van der Waals surface area contributed by atoms with E-state index in [1.165, 1.54) is 12.3 Å². The Morgan fingerprint density at radius 1 is 0.676 bits per heavy atom. The van der Waals surface area contributed by atoms with Crippen molar-refractivity contribution in [1.82, 2.24) is 5.43 Å². The number of anilines is 1. The van der Waals surface area contributed by atoms with E-state index in [1.807, 2.05) is 36.4 Å². The van der Waals surface area contributed by atoms with Crippen molar-refractivity contribution in [2.24, 2.45) is 5.10 Å². The van der Waals surface area contributed by atoms with E-state index in [-0.39, 0.29) is 5.91 Å². The van der Waals surface area contributed by atoms with Crippen LogP contribution in [0.2, 0.25) is 0 Å². The monoisotopic (exact) mass is 489 g/mol. The Balaban J connectivity index is 1.33. The van der Waals surface area contributed by atoms with Crippen molar-refractivity contribution in [3.05, 3.63) is 138 Å². The minimum atomic E-state index is -0.534. The van der Waals surface area contributed by atoms with E-state index >= 15 is 0 Å². The zero-order valence-corrected chi connectivity index (χ0v) is 19.7. The van der Waals surface area contributed by atoms with Gasteiger partial charge in [0.15, 0.2) is 0 Å². The first-order valence-electron chi connectivity index (χ1n) is 11.4. The first-order chi connectivity index (χ1) is 18.1. The topological polar surface area (TPSA) is 96.9 Å². The molecule has 4 aromatic rings. The lowest BCUT2D eigenvalue weighted by molar-refractivity contribution is -0.128. The van der Waals surface area contributed by atoms with Gasteiger partial charge in [0.25, 0.3) is 11.8 Å². The molecule has 7 heteroatoms. The van der Waals surface area contributed by atoms with Crippen LogP contribution in [0.1, 0.15) is 31.8 Å². The molecule has 0 unspecified atom stereocenters. The molecular weight excluding hydrogens is 466 g/mol. The highest BCUT2D eigenvalue weighted by Gasteiger charge is 2.08. The highest BCUT2D eigenvalue weighted by molar-refractivity contribution is 6.04. The number of ether oxygens (including phenoxy) is 1. The first-order valence-corrected chi connectivity index (χ1v) is 11.4. The smallest absolute Gasteiger partial charge is 0.336 e. The van der Waals surface area contributed by atoms with Gasteiger partial charge in [0.2, 0.25) is 0 Å². The van der Waals surface area contributed by atoms with Crippen molar-refractivity contribution in [2.45, 2.75) is 0 Å². The number of hydrogen-bond acceptors (Lipinski definition) is 5. The molecule has 7 nitrogen and oxygen atoms in total. The van der Waals surface area contributed by atoms with E-state index in [2.05, 4.69) is 15.8 Å². The van der Waals surface area contributed by atoms with Gasteiger partial charge >= 0.3 is 5.97 Å². The first kappa shape index (κ1) is 24.8. The minimum absolute atomic E-state index is 0.239. The lowest BCUT2D eigenvalue weighted by Crippen LogP contribution is -2.18. The molecule has 0 aromatic heterocycles. The Morgan fingerprint density at radius 2 is 1.30 bits per heavy atom. The van der Waals surface area contributed by atoms with Gasteiger partial charge in [0, 0.05) is 28.5 Å². The molecular formula is C30H23N3O4. The molecule has 0 bridgehead atoms. The molecule has 37 heavy (non-hydrogen) atoms. The Labute approximate surface area is 214 Å². The van der Waals surface area contributed by atoms with E-state index in [0.717, 1.165) is 5.56 Å². The number of benzene rings is 4. The summed E-state index contributed by atoms with van der Waals surface area (Å²) in [6.07, 6.45) is 4.41. The number of hydrazone groups is 1. The van der Waals surface area contributed by atoms with E-state index in [0.29, 0.717) is 28.1 Å². The third-order valence-electron chi connectivity index (χ3n) is 5.15. The van der Waals surface area contributed by atoms with Gasteiger partial charge in [0.1, 0.15) is 5.75 Å². The second-order valence-corrected chi connectivity index (χ2v) is 7.80. The Morgan fingerprint density at radius 3 is 2.03 bits per heavy atom. The summed E-state index contributed by atoms with van der Waals surface area (Å²) >= 11 is 0. The molecule has 0 atom stereocenters. The SMILES string of the molecule is O=C(C=Cc1ccccc1)Oc1ccccc1C=NNC(=O)c1ccc(NC(=O)c2ccccc2)cc1. The third kappa shape index (κ3) is 7.34. The van der Waals surface area contributed by atoms with Crippen LogP contribution in [0.15, 0.2) is 120 Å². The Bertz CT molecular complexity index is 1430. The van der Waals surface area contributed by atoms with E-state index in [4.69, 9.17) is 4.74 Å². The predicted octanol–water partition coefficient (Wildman–Crippen LogP) is 5.32. The molecule has 0 heterocycles. The van der Waals surface area contributed by atoms with Crippen molar-refractivity contribution >= 4 is 35.8 Å². The van der Waals surface area contributed by atoms with Crippen LogP contribution >= 0.6 is 0 Å². The normalized spacial score (nSPS) is 10.8. The fraction of sp³-hybridized carbons (Fsp3) is 0. The fourth-order valence-electron chi connectivity index (χ4n) is 3.27. The summed E-state index contributed by atoms with van der Waals surface area (Å²) in [5.41, 5.74) is 5.31. The highest BCUT2D eigenvalue weighted by Crippen LogP contribution is 2.17. The Hall–Kier alpha value is -5.30. The number of esters is 1. The van der Waals surface area contributed by atoms with E-state index in [1.54, 1.807) is 78.9 Å². The standard InChI is InChI=1S/C30H23N3O4/c34-28(20-15-22-9-3-1-4-10-22)37-27-14-8-7-13-25(27)21-31-33-30(36)24-16-18-26(19-17-24)32-29(35)23-11-5-2-6-12-23/h1-21H,(H,32,35)(H,33,36). The lowest BCUT2D eigenvalue weighted by atomic mass is 10.1. The maximum absolute atomic E-state index is 12.5. The van der Waals surface area contributed by atoms with Crippen LogP contribution in [-0.4, -0.2) is 24.0 Å². The maximum Gasteiger partial charge on any atom is 0.336 e. The second kappa shape index (κ2) is 12.4. The summed E-state index contributed by atoms with van der Waals surface area (Å²) in [6, 6.07) is 31.5. The van der Waals surface area contributed by atoms with Crippen LogP contribution in [-0.2, 0) is 4.79 Å². The van der Waals surface area contributed by atoms with E-state index in [9.17, 15) is 14.4 Å². The average Bonchev–Trinajstić information content (AvgIpc) is 2.94. The number of para-hydroxylation sites is 1. The van der Waals surface area contributed by atoms with Gasteiger partial charge in [-0.15, -0.1) is 0 Å².